The Labute approximate surface area is 94.5 Å². The maximum absolute atomic E-state index is 6.00. The maximum atomic E-state index is 6.00. The van der Waals surface area contributed by atoms with Gasteiger partial charge in [-0.1, -0.05) is 25.4 Å². The van der Waals surface area contributed by atoms with E-state index >= 15 is 0 Å². The highest BCUT2D eigenvalue weighted by molar-refractivity contribution is 6.32. The first-order chi connectivity index (χ1) is 7.03. The van der Waals surface area contributed by atoms with Gasteiger partial charge < -0.3 is 10.6 Å². The zero-order valence-corrected chi connectivity index (χ0v) is 9.89. The Balaban J connectivity index is 2.14. The molecule has 15 heavy (non-hydrogen) atoms. The van der Waals surface area contributed by atoms with E-state index in [1.165, 1.54) is 0 Å². The Morgan fingerprint density at radius 1 is 1.53 bits per heavy atom. The van der Waals surface area contributed by atoms with Crippen LogP contribution in [0.25, 0.3) is 0 Å². The summed E-state index contributed by atoms with van der Waals surface area (Å²) in [5, 5.41) is 6.78. The molecule has 1 aromatic rings. The monoisotopic (exact) mass is 226 g/mol. The summed E-state index contributed by atoms with van der Waals surface area (Å²) < 4.78 is 0. The van der Waals surface area contributed by atoms with Crippen LogP contribution in [0.2, 0.25) is 5.02 Å². The van der Waals surface area contributed by atoms with Crippen LogP contribution in [0.3, 0.4) is 0 Å². The average Bonchev–Trinajstić information content (AvgIpc) is 2.78. The molecule has 0 radical (unpaired) electrons. The van der Waals surface area contributed by atoms with E-state index in [1.54, 1.807) is 13.2 Å². The highest BCUT2D eigenvalue weighted by Crippen LogP contribution is 2.46. The third-order valence-corrected chi connectivity index (χ3v) is 3.07. The van der Waals surface area contributed by atoms with Gasteiger partial charge in [0.15, 0.2) is 5.82 Å². The van der Waals surface area contributed by atoms with Crippen molar-refractivity contribution in [2.45, 2.75) is 26.3 Å². The molecule has 5 heteroatoms. The van der Waals surface area contributed by atoms with Gasteiger partial charge in [-0.15, -0.1) is 0 Å². The van der Waals surface area contributed by atoms with Crippen LogP contribution in [0, 0.1) is 5.41 Å². The van der Waals surface area contributed by atoms with Gasteiger partial charge >= 0.3 is 0 Å². The first-order valence-corrected chi connectivity index (χ1v) is 5.37. The van der Waals surface area contributed by atoms with Crippen molar-refractivity contribution in [3.8, 4) is 0 Å². The van der Waals surface area contributed by atoms with Crippen molar-refractivity contribution in [1.29, 1.82) is 0 Å². The number of halogens is 1. The fourth-order valence-electron chi connectivity index (χ4n) is 1.47. The van der Waals surface area contributed by atoms with Gasteiger partial charge in [0.2, 0.25) is 5.95 Å². The lowest BCUT2D eigenvalue weighted by Crippen LogP contribution is -2.11. The number of nitrogens with zero attached hydrogens (tertiary/aromatic N) is 2. The van der Waals surface area contributed by atoms with Gasteiger partial charge in [-0.3, -0.25) is 0 Å². The van der Waals surface area contributed by atoms with Crippen molar-refractivity contribution < 1.29 is 0 Å². The van der Waals surface area contributed by atoms with Crippen LogP contribution in [0.1, 0.15) is 20.3 Å². The summed E-state index contributed by atoms with van der Waals surface area (Å²) in [5.74, 6) is 1.30. The lowest BCUT2D eigenvalue weighted by atomic mass is 10.2. The molecule has 0 aliphatic heterocycles. The minimum Gasteiger partial charge on any atom is -0.365 e. The molecule has 0 saturated heterocycles. The summed E-state index contributed by atoms with van der Waals surface area (Å²) in [6, 6.07) is 0.467. The first-order valence-electron chi connectivity index (χ1n) is 5.00. The van der Waals surface area contributed by atoms with Crippen LogP contribution in [0.4, 0.5) is 11.8 Å². The number of aromatic nitrogens is 2. The van der Waals surface area contributed by atoms with E-state index in [-0.39, 0.29) is 0 Å². The molecule has 0 aromatic carbocycles. The van der Waals surface area contributed by atoms with Gasteiger partial charge in [-0.05, 0) is 11.8 Å². The lowest BCUT2D eigenvalue weighted by molar-refractivity contribution is 0.630. The third kappa shape index (κ3) is 2.15. The standard InChI is InChI=1S/C10H15ClN4/c1-10(2)4-7(10)14-8-6(11)5-13-9(12-3)15-8/h5,7H,4H2,1-3H3,(H2,12,13,14,15). The smallest absolute Gasteiger partial charge is 0.224 e. The van der Waals surface area contributed by atoms with Crippen molar-refractivity contribution in [1.82, 2.24) is 9.97 Å². The van der Waals surface area contributed by atoms with Gasteiger partial charge in [0.25, 0.3) is 0 Å². The third-order valence-electron chi connectivity index (χ3n) is 2.79. The summed E-state index contributed by atoms with van der Waals surface area (Å²) in [7, 11) is 1.79. The molecule has 1 unspecified atom stereocenters. The van der Waals surface area contributed by atoms with E-state index in [9.17, 15) is 0 Å². The minimum atomic E-state index is 0.355. The van der Waals surface area contributed by atoms with Gasteiger partial charge in [0.05, 0.1) is 6.20 Å². The molecule has 1 aliphatic rings. The van der Waals surface area contributed by atoms with E-state index in [1.807, 2.05) is 0 Å². The van der Waals surface area contributed by atoms with Crippen molar-refractivity contribution in [3.05, 3.63) is 11.2 Å². The average molecular weight is 227 g/mol. The van der Waals surface area contributed by atoms with Crippen molar-refractivity contribution in [2.24, 2.45) is 5.41 Å². The Hall–Kier alpha value is -1.03. The number of hydrogen-bond acceptors (Lipinski definition) is 4. The van der Waals surface area contributed by atoms with Crippen molar-refractivity contribution in [3.63, 3.8) is 0 Å². The molecule has 4 nitrogen and oxygen atoms in total. The molecule has 1 saturated carbocycles. The summed E-state index contributed by atoms with van der Waals surface area (Å²) >= 11 is 6.00. The van der Waals surface area contributed by atoms with Crippen LogP contribution in [-0.4, -0.2) is 23.1 Å². The van der Waals surface area contributed by atoms with Crippen molar-refractivity contribution >= 4 is 23.4 Å². The SMILES string of the molecule is CNc1ncc(Cl)c(NC2CC2(C)C)n1. The number of hydrogen-bond donors (Lipinski definition) is 2. The summed E-state index contributed by atoms with van der Waals surface area (Å²) in [4.78, 5) is 8.30. The first kappa shape index (κ1) is 10.5. The predicted octanol–water partition coefficient (Wildman–Crippen LogP) is 2.38. The second kappa shape index (κ2) is 3.52. The highest BCUT2D eigenvalue weighted by Gasteiger charge is 2.46. The maximum Gasteiger partial charge on any atom is 0.224 e. The zero-order chi connectivity index (χ0) is 11.1. The fraction of sp³-hybridized carbons (Fsp3) is 0.600. The molecule has 1 fully saturated rings. The molecule has 2 rings (SSSR count). The van der Waals surface area contributed by atoms with E-state index in [2.05, 4.69) is 34.4 Å². The largest absolute Gasteiger partial charge is 0.365 e. The summed E-state index contributed by atoms with van der Waals surface area (Å²) in [6.45, 7) is 4.44. The minimum absolute atomic E-state index is 0.355. The second-order valence-corrected chi connectivity index (χ2v) is 4.94. The number of anilines is 2. The summed E-state index contributed by atoms with van der Waals surface area (Å²) in [6.07, 6.45) is 2.76. The van der Waals surface area contributed by atoms with Gasteiger partial charge in [-0.2, -0.15) is 4.98 Å². The molecule has 0 spiro atoms. The zero-order valence-electron chi connectivity index (χ0n) is 9.13. The van der Waals surface area contributed by atoms with Crippen LogP contribution in [0.5, 0.6) is 0 Å². The Kier molecular flexibility index (Phi) is 2.46. The van der Waals surface area contributed by atoms with E-state index in [4.69, 9.17) is 11.6 Å². The number of rotatable bonds is 3. The molecule has 1 heterocycles. The topological polar surface area (TPSA) is 49.8 Å². The molecule has 2 N–H and O–H groups in total. The van der Waals surface area contributed by atoms with Crippen molar-refractivity contribution in [2.75, 3.05) is 17.7 Å². The Morgan fingerprint density at radius 3 is 2.73 bits per heavy atom. The highest BCUT2D eigenvalue weighted by atomic mass is 35.5. The van der Waals surface area contributed by atoms with Gasteiger partial charge in [0.1, 0.15) is 5.02 Å². The lowest BCUT2D eigenvalue weighted by Gasteiger charge is -2.09. The van der Waals surface area contributed by atoms with E-state index in [0.717, 1.165) is 6.42 Å². The van der Waals surface area contributed by atoms with Crippen LogP contribution >= 0.6 is 11.6 Å². The van der Waals surface area contributed by atoms with Crippen LogP contribution < -0.4 is 10.6 Å². The molecular formula is C10H15ClN4. The molecule has 1 atom stereocenters. The van der Waals surface area contributed by atoms with Gasteiger partial charge in [-0.25, -0.2) is 4.98 Å². The van der Waals surface area contributed by atoms with Crippen LogP contribution in [-0.2, 0) is 0 Å². The van der Waals surface area contributed by atoms with E-state index < -0.39 is 0 Å². The normalized spacial score (nSPS) is 22.3. The predicted molar refractivity (Wildman–Crippen MR) is 62.4 cm³/mol. The molecule has 0 bridgehead atoms. The van der Waals surface area contributed by atoms with Crippen LogP contribution in [0.15, 0.2) is 6.20 Å². The molecule has 0 amide bonds. The van der Waals surface area contributed by atoms with Gasteiger partial charge in [0, 0.05) is 13.1 Å². The quantitative estimate of drug-likeness (QED) is 0.831. The Bertz CT molecular complexity index is 378. The molecule has 1 aromatic heterocycles. The summed E-state index contributed by atoms with van der Waals surface area (Å²) in [5.41, 5.74) is 0.355. The number of nitrogens with one attached hydrogen (secondary N) is 2. The fourth-order valence-corrected chi connectivity index (χ4v) is 1.61. The second-order valence-electron chi connectivity index (χ2n) is 4.53. The Morgan fingerprint density at radius 2 is 2.20 bits per heavy atom. The van der Waals surface area contributed by atoms with E-state index in [0.29, 0.717) is 28.2 Å². The molecule has 82 valence electrons. The molecular weight excluding hydrogens is 212 g/mol. The molecule has 1 aliphatic carbocycles.